The predicted molar refractivity (Wildman–Crippen MR) is 99.1 cm³/mol. The Labute approximate surface area is 158 Å². The largest absolute Gasteiger partial charge is 0.458 e. The van der Waals surface area contributed by atoms with Gasteiger partial charge in [-0.25, -0.2) is 9.78 Å². The summed E-state index contributed by atoms with van der Waals surface area (Å²) in [4.78, 5) is 16.7. The van der Waals surface area contributed by atoms with E-state index in [2.05, 4.69) is 32.3 Å². The molecule has 1 N–H and O–H groups in total. The summed E-state index contributed by atoms with van der Waals surface area (Å²) in [6.45, 7) is 7.37. The van der Waals surface area contributed by atoms with Crippen LogP contribution in [0.1, 0.15) is 45.6 Å². The molecule has 138 valence electrons. The molecule has 1 saturated carbocycles. The first-order chi connectivity index (χ1) is 11.8. The van der Waals surface area contributed by atoms with E-state index < -0.39 is 11.2 Å². The second kappa shape index (κ2) is 7.33. The van der Waals surface area contributed by atoms with Gasteiger partial charge in [0.25, 0.3) is 0 Å². The molecule has 1 aromatic heterocycles. The van der Waals surface area contributed by atoms with Gasteiger partial charge in [0.1, 0.15) is 22.4 Å². The van der Waals surface area contributed by atoms with Gasteiger partial charge in [-0.15, -0.1) is 0 Å². The van der Waals surface area contributed by atoms with Gasteiger partial charge in [-0.1, -0.05) is 12.5 Å². The van der Waals surface area contributed by atoms with E-state index in [9.17, 15) is 4.79 Å². The Hall–Kier alpha value is -0.980. The van der Waals surface area contributed by atoms with Gasteiger partial charge < -0.3 is 14.8 Å². The summed E-state index contributed by atoms with van der Waals surface area (Å²) in [6, 6.07) is 4.01. The maximum Gasteiger partial charge on any atom is 0.332 e. The van der Waals surface area contributed by atoms with Crippen LogP contribution in [0.5, 0.6) is 0 Å². The van der Waals surface area contributed by atoms with Gasteiger partial charge in [0.15, 0.2) is 0 Å². The molecule has 1 saturated heterocycles. The van der Waals surface area contributed by atoms with Crippen LogP contribution in [-0.2, 0) is 19.9 Å². The molecule has 2 bridgehead atoms. The van der Waals surface area contributed by atoms with Gasteiger partial charge in [-0.2, -0.15) is 0 Å². The standard InChI is InChI=1S/C19H27BrN2O3/c1-18(2,3)25-16(23)12-24-19(15-8-5-9-22-17(15)20)13-6-4-7-14(19)11-21-10-13/h5,8-9,13-14,21H,4,6-7,10-12H2,1-3H3. The fourth-order valence-corrected chi connectivity index (χ4v) is 4.85. The van der Waals surface area contributed by atoms with Gasteiger partial charge in [0.2, 0.25) is 0 Å². The Morgan fingerprint density at radius 2 is 2.04 bits per heavy atom. The zero-order chi connectivity index (χ0) is 18.1. The number of nitrogens with zero attached hydrogens (tertiary/aromatic N) is 1. The SMILES string of the molecule is CC(C)(C)OC(=O)COC1(c2cccnc2Br)C2CCCC1CNC2. The normalized spacial score (nSPS) is 29.3. The van der Waals surface area contributed by atoms with E-state index in [1.807, 2.05) is 26.8 Å². The lowest BCUT2D eigenvalue weighted by Crippen LogP contribution is -2.59. The lowest BCUT2D eigenvalue weighted by atomic mass is 9.63. The first-order valence-corrected chi connectivity index (χ1v) is 9.80. The fourth-order valence-electron chi connectivity index (χ4n) is 4.29. The van der Waals surface area contributed by atoms with Gasteiger partial charge in [0, 0.05) is 36.7 Å². The van der Waals surface area contributed by atoms with Gasteiger partial charge in [-0.3, -0.25) is 0 Å². The van der Waals surface area contributed by atoms with Crippen molar-refractivity contribution in [2.24, 2.45) is 11.8 Å². The number of nitrogens with one attached hydrogen (secondary N) is 1. The first-order valence-electron chi connectivity index (χ1n) is 9.00. The molecule has 2 fully saturated rings. The van der Waals surface area contributed by atoms with Crippen LogP contribution in [0.25, 0.3) is 0 Å². The van der Waals surface area contributed by atoms with Crippen molar-refractivity contribution >= 4 is 21.9 Å². The highest BCUT2D eigenvalue weighted by Gasteiger charge is 2.53. The molecule has 1 aliphatic heterocycles. The van der Waals surface area contributed by atoms with Crippen LogP contribution in [-0.4, -0.2) is 36.3 Å². The molecule has 0 amide bonds. The maximum atomic E-state index is 12.3. The average Bonchev–Trinajstić information content (AvgIpc) is 2.51. The van der Waals surface area contributed by atoms with E-state index in [4.69, 9.17) is 9.47 Å². The van der Waals surface area contributed by atoms with E-state index in [1.54, 1.807) is 6.20 Å². The van der Waals surface area contributed by atoms with Crippen molar-refractivity contribution in [3.63, 3.8) is 0 Å². The summed E-state index contributed by atoms with van der Waals surface area (Å²) in [5.74, 6) is 0.328. The number of carbonyl (C=O) groups is 1. The highest BCUT2D eigenvalue weighted by atomic mass is 79.9. The first kappa shape index (κ1) is 18.8. The molecule has 1 aliphatic carbocycles. The Morgan fingerprint density at radius 3 is 2.64 bits per heavy atom. The third-order valence-electron chi connectivity index (χ3n) is 5.13. The molecular weight excluding hydrogens is 384 g/mol. The number of esters is 1. The molecule has 0 aromatic carbocycles. The number of pyridine rings is 1. The van der Waals surface area contributed by atoms with Crippen LogP contribution >= 0.6 is 15.9 Å². The number of ether oxygens (including phenoxy) is 2. The molecular formula is C19H27BrN2O3. The zero-order valence-corrected chi connectivity index (χ0v) is 16.8. The lowest BCUT2D eigenvalue weighted by molar-refractivity contribution is -0.191. The topological polar surface area (TPSA) is 60.5 Å². The summed E-state index contributed by atoms with van der Waals surface area (Å²) < 4.78 is 12.7. The minimum absolute atomic E-state index is 0.0361. The van der Waals surface area contributed by atoms with Crippen molar-refractivity contribution in [1.82, 2.24) is 10.3 Å². The number of fused-ring (bicyclic) bond motifs is 2. The van der Waals surface area contributed by atoms with Crippen molar-refractivity contribution in [1.29, 1.82) is 0 Å². The quantitative estimate of drug-likeness (QED) is 0.608. The second-order valence-electron chi connectivity index (χ2n) is 7.99. The van der Waals surface area contributed by atoms with E-state index in [0.717, 1.165) is 36.1 Å². The van der Waals surface area contributed by atoms with E-state index in [0.29, 0.717) is 11.8 Å². The molecule has 25 heavy (non-hydrogen) atoms. The summed E-state index contributed by atoms with van der Waals surface area (Å²) >= 11 is 3.60. The number of halogens is 1. The third kappa shape index (κ3) is 3.91. The molecule has 3 rings (SSSR count). The summed E-state index contributed by atoms with van der Waals surface area (Å²) in [7, 11) is 0. The smallest absolute Gasteiger partial charge is 0.332 e. The summed E-state index contributed by atoms with van der Waals surface area (Å²) in [6.07, 6.45) is 5.14. The fraction of sp³-hybridized carbons (Fsp3) is 0.684. The Kier molecular flexibility index (Phi) is 5.51. The number of rotatable bonds is 4. The Balaban J connectivity index is 1.91. The minimum atomic E-state index is -0.507. The molecule has 0 radical (unpaired) electrons. The summed E-state index contributed by atoms with van der Waals surface area (Å²) in [5, 5.41) is 3.52. The number of carbonyl (C=O) groups excluding carboxylic acids is 1. The number of hydrogen-bond donors (Lipinski definition) is 1. The molecule has 6 heteroatoms. The molecule has 2 heterocycles. The van der Waals surface area contributed by atoms with E-state index in [-0.39, 0.29) is 12.6 Å². The molecule has 2 atom stereocenters. The van der Waals surface area contributed by atoms with Crippen molar-refractivity contribution in [2.45, 2.75) is 51.2 Å². The molecule has 2 unspecified atom stereocenters. The predicted octanol–water partition coefficient (Wildman–Crippen LogP) is 3.42. The maximum absolute atomic E-state index is 12.3. The van der Waals surface area contributed by atoms with Crippen molar-refractivity contribution in [3.05, 3.63) is 28.5 Å². The van der Waals surface area contributed by atoms with Crippen LogP contribution in [0.3, 0.4) is 0 Å². The highest BCUT2D eigenvalue weighted by molar-refractivity contribution is 9.10. The van der Waals surface area contributed by atoms with Crippen molar-refractivity contribution in [2.75, 3.05) is 19.7 Å². The molecule has 2 aliphatic rings. The van der Waals surface area contributed by atoms with E-state index in [1.165, 1.54) is 6.42 Å². The lowest BCUT2D eigenvalue weighted by Gasteiger charge is -2.53. The van der Waals surface area contributed by atoms with Gasteiger partial charge in [0.05, 0.1) is 0 Å². The van der Waals surface area contributed by atoms with Crippen LogP contribution in [0.2, 0.25) is 0 Å². The number of hydrogen-bond acceptors (Lipinski definition) is 5. The highest BCUT2D eigenvalue weighted by Crippen LogP contribution is 2.51. The molecule has 5 nitrogen and oxygen atoms in total. The van der Waals surface area contributed by atoms with Gasteiger partial charge >= 0.3 is 5.97 Å². The molecule has 0 spiro atoms. The van der Waals surface area contributed by atoms with Crippen LogP contribution in [0, 0.1) is 11.8 Å². The van der Waals surface area contributed by atoms with Crippen LogP contribution < -0.4 is 5.32 Å². The second-order valence-corrected chi connectivity index (χ2v) is 8.74. The monoisotopic (exact) mass is 410 g/mol. The number of aromatic nitrogens is 1. The zero-order valence-electron chi connectivity index (χ0n) is 15.2. The molecule has 1 aromatic rings. The third-order valence-corrected chi connectivity index (χ3v) is 5.76. The van der Waals surface area contributed by atoms with Crippen LogP contribution in [0.15, 0.2) is 22.9 Å². The van der Waals surface area contributed by atoms with Crippen LogP contribution in [0.4, 0.5) is 0 Å². The number of piperidine rings is 1. The van der Waals surface area contributed by atoms with E-state index >= 15 is 0 Å². The minimum Gasteiger partial charge on any atom is -0.458 e. The van der Waals surface area contributed by atoms with Crippen molar-refractivity contribution < 1.29 is 14.3 Å². The Morgan fingerprint density at radius 1 is 1.36 bits per heavy atom. The Bertz CT molecular complexity index is 607. The summed E-state index contributed by atoms with van der Waals surface area (Å²) in [5.41, 5.74) is 0.0507. The van der Waals surface area contributed by atoms with Gasteiger partial charge in [-0.05, 0) is 55.6 Å². The van der Waals surface area contributed by atoms with Crippen molar-refractivity contribution in [3.8, 4) is 0 Å². The average molecular weight is 411 g/mol.